The van der Waals surface area contributed by atoms with Gasteiger partial charge in [0.2, 0.25) is 11.7 Å². The average molecular weight is 541 g/mol. The minimum atomic E-state index is -0.634. The van der Waals surface area contributed by atoms with Crippen LogP contribution in [0.1, 0.15) is 62.6 Å². The van der Waals surface area contributed by atoms with Gasteiger partial charge in [0.05, 0.1) is 6.54 Å². The molecule has 0 unspecified atom stereocenters. The molecule has 2 amide bonds. The molecule has 1 aromatic carbocycles. The molecule has 3 aromatic rings. The van der Waals surface area contributed by atoms with Gasteiger partial charge in [0.15, 0.2) is 11.6 Å². The van der Waals surface area contributed by atoms with Gasteiger partial charge in [-0.05, 0) is 25.0 Å². The van der Waals surface area contributed by atoms with Crippen LogP contribution in [-0.2, 0) is 4.79 Å². The second-order valence-electron chi connectivity index (χ2n) is 9.68. The normalized spacial score (nSPS) is 14.8. The molecule has 12 heteroatoms. The number of ketones is 2. The van der Waals surface area contributed by atoms with E-state index in [0.717, 1.165) is 18.5 Å². The molecule has 5 rings (SSSR count). The molecule has 2 aromatic heterocycles. The lowest BCUT2D eigenvalue weighted by atomic mass is 10.0. The van der Waals surface area contributed by atoms with Crippen molar-refractivity contribution in [2.45, 2.75) is 25.7 Å². The number of H-pyrrole nitrogens is 1. The number of hydrogen-bond acceptors (Lipinski definition) is 9. The number of amides is 2. The van der Waals surface area contributed by atoms with E-state index in [9.17, 15) is 19.2 Å². The van der Waals surface area contributed by atoms with Crippen LogP contribution >= 0.6 is 0 Å². The van der Waals surface area contributed by atoms with Crippen molar-refractivity contribution in [2.75, 3.05) is 42.9 Å². The summed E-state index contributed by atoms with van der Waals surface area (Å²) in [5, 5.41) is 13.1. The molecular formula is C28H28N8O4. The molecule has 2 fully saturated rings. The highest BCUT2D eigenvalue weighted by atomic mass is 16.2. The third-order valence-electron chi connectivity index (χ3n) is 6.71. The van der Waals surface area contributed by atoms with Crippen molar-refractivity contribution >= 4 is 41.0 Å². The molecule has 3 N–H and O–H groups in total. The number of Topliss-reactive ketones (excluding diaryl/α,β-unsaturated/α-hetero) is 2. The molecule has 204 valence electrons. The minimum absolute atomic E-state index is 0.0606. The Kier molecular flexibility index (Phi) is 7.54. The summed E-state index contributed by atoms with van der Waals surface area (Å²) in [6, 6.07) is 9.64. The van der Waals surface area contributed by atoms with E-state index in [1.54, 1.807) is 17.0 Å². The summed E-state index contributed by atoms with van der Waals surface area (Å²) in [5.41, 5.74) is 1.72. The quantitative estimate of drug-likeness (QED) is 0.210. The van der Waals surface area contributed by atoms with Crippen LogP contribution in [0.2, 0.25) is 0 Å². The number of piperazine rings is 1. The van der Waals surface area contributed by atoms with Crippen LogP contribution in [0.3, 0.4) is 0 Å². The zero-order valence-corrected chi connectivity index (χ0v) is 21.9. The predicted molar refractivity (Wildman–Crippen MR) is 147 cm³/mol. The van der Waals surface area contributed by atoms with Gasteiger partial charge < -0.3 is 20.4 Å². The number of hydrogen-bond donors (Lipinski definition) is 3. The summed E-state index contributed by atoms with van der Waals surface area (Å²) < 4.78 is 0. The smallest absolute Gasteiger partial charge is 0.270 e. The Hall–Kier alpha value is -5.05. The van der Waals surface area contributed by atoms with Gasteiger partial charge in [-0.2, -0.15) is 10.1 Å². The zero-order valence-electron chi connectivity index (χ0n) is 21.9. The molecule has 2 aliphatic rings. The Morgan fingerprint density at radius 1 is 1.02 bits per heavy atom. The highest BCUT2D eigenvalue weighted by Gasteiger charge is 2.27. The Bertz CT molecular complexity index is 1510. The van der Waals surface area contributed by atoms with E-state index in [4.69, 9.17) is 6.42 Å². The Morgan fingerprint density at radius 3 is 2.48 bits per heavy atom. The minimum Gasteiger partial charge on any atom is -0.340 e. The van der Waals surface area contributed by atoms with Crippen LogP contribution in [0.4, 0.5) is 17.6 Å². The van der Waals surface area contributed by atoms with E-state index >= 15 is 0 Å². The number of carbonyl (C=O) groups is 4. The third kappa shape index (κ3) is 5.99. The van der Waals surface area contributed by atoms with Crippen LogP contribution in [0.15, 0.2) is 36.4 Å². The molecular weight excluding hydrogens is 512 g/mol. The predicted octanol–water partition coefficient (Wildman–Crippen LogP) is 1.92. The first-order chi connectivity index (χ1) is 19.3. The molecule has 0 spiro atoms. The molecule has 0 atom stereocenters. The fraction of sp³-hybridized carbons (Fsp3) is 0.321. The average Bonchev–Trinajstić information content (AvgIpc) is 3.73. The van der Waals surface area contributed by atoms with E-state index in [-0.39, 0.29) is 23.7 Å². The maximum Gasteiger partial charge on any atom is 0.270 e. The van der Waals surface area contributed by atoms with Gasteiger partial charge >= 0.3 is 0 Å². The Balaban J connectivity index is 1.31. The first-order valence-corrected chi connectivity index (χ1v) is 12.9. The van der Waals surface area contributed by atoms with E-state index in [1.165, 1.54) is 25.1 Å². The number of nitrogens with zero attached hydrogens (tertiary/aromatic N) is 5. The van der Waals surface area contributed by atoms with Crippen LogP contribution in [0.25, 0.3) is 0 Å². The van der Waals surface area contributed by atoms with E-state index in [1.807, 2.05) is 11.0 Å². The molecule has 1 saturated heterocycles. The first-order valence-electron chi connectivity index (χ1n) is 12.9. The fourth-order valence-electron chi connectivity index (χ4n) is 4.40. The SMILES string of the molecule is C#CCNC(=O)c1cc(Nc2cc(C3CC3)[nH]n2)nc(N2CCN(C(=O)c3cccc(C(=O)C(C)=O)c3)CC2)n1. The standard InChI is InChI=1S/C28H28N8O4/c1-3-9-29-26(39)22-16-23(31-24-15-21(33-34-24)18-7-8-18)32-28(30-22)36-12-10-35(11-13-36)27(40)20-6-4-5-19(14-20)25(38)17(2)37/h1,4-6,14-16,18H,7-13H2,2H3,(H,29,39)(H2,30,31,32,33,34). The molecule has 1 aliphatic heterocycles. The van der Waals surface area contributed by atoms with Gasteiger partial charge in [0.25, 0.3) is 11.8 Å². The van der Waals surface area contributed by atoms with Crippen LogP contribution in [-0.4, -0.2) is 81.2 Å². The number of rotatable bonds is 9. The highest BCUT2D eigenvalue weighted by molar-refractivity contribution is 6.43. The largest absolute Gasteiger partial charge is 0.340 e. The summed E-state index contributed by atoms with van der Waals surface area (Å²) >= 11 is 0. The molecule has 40 heavy (non-hydrogen) atoms. The van der Waals surface area contributed by atoms with Crippen LogP contribution < -0.4 is 15.5 Å². The lowest BCUT2D eigenvalue weighted by molar-refractivity contribution is -0.113. The van der Waals surface area contributed by atoms with Crippen molar-refractivity contribution in [1.29, 1.82) is 0 Å². The van der Waals surface area contributed by atoms with Crippen molar-refractivity contribution in [3.05, 3.63) is 58.9 Å². The molecule has 0 bridgehead atoms. The van der Waals surface area contributed by atoms with E-state index < -0.39 is 17.5 Å². The number of carbonyl (C=O) groups excluding carboxylic acids is 4. The fourth-order valence-corrected chi connectivity index (χ4v) is 4.40. The van der Waals surface area contributed by atoms with Gasteiger partial charge in [-0.25, -0.2) is 4.98 Å². The Labute approximate surface area is 230 Å². The Morgan fingerprint density at radius 2 is 1.77 bits per heavy atom. The maximum absolute atomic E-state index is 13.1. The van der Waals surface area contributed by atoms with Crippen molar-refractivity contribution in [1.82, 2.24) is 30.4 Å². The molecule has 12 nitrogen and oxygen atoms in total. The van der Waals surface area contributed by atoms with Crippen molar-refractivity contribution in [3.8, 4) is 12.3 Å². The monoisotopic (exact) mass is 540 g/mol. The molecule has 3 heterocycles. The van der Waals surface area contributed by atoms with E-state index in [2.05, 4.69) is 36.7 Å². The lowest BCUT2D eigenvalue weighted by Crippen LogP contribution is -2.49. The van der Waals surface area contributed by atoms with Gasteiger partial charge in [-0.3, -0.25) is 24.3 Å². The van der Waals surface area contributed by atoms with Gasteiger partial charge in [-0.15, -0.1) is 6.42 Å². The van der Waals surface area contributed by atoms with Crippen molar-refractivity contribution < 1.29 is 19.2 Å². The third-order valence-corrected chi connectivity index (χ3v) is 6.71. The summed E-state index contributed by atoms with van der Waals surface area (Å²) in [5.74, 6) is 2.30. The number of aromatic nitrogens is 4. The number of anilines is 3. The van der Waals surface area contributed by atoms with Gasteiger partial charge in [0.1, 0.15) is 11.5 Å². The summed E-state index contributed by atoms with van der Waals surface area (Å²) in [6.45, 7) is 2.83. The van der Waals surface area contributed by atoms with Crippen LogP contribution in [0, 0.1) is 12.3 Å². The second kappa shape index (κ2) is 11.4. The summed E-state index contributed by atoms with van der Waals surface area (Å²) in [7, 11) is 0. The van der Waals surface area contributed by atoms with E-state index in [0.29, 0.717) is 55.2 Å². The topological polar surface area (TPSA) is 153 Å². The van der Waals surface area contributed by atoms with Gasteiger partial charge in [-0.1, -0.05) is 18.1 Å². The van der Waals surface area contributed by atoms with Crippen molar-refractivity contribution in [2.24, 2.45) is 0 Å². The number of terminal acetylenes is 1. The lowest BCUT2D eigenvalue weighted by Gasteiger charge is -2.35. The maximum atomic E-state index is 13.1. The number of aromatic amines is 1. The highest BCUT2D eigenvalue weighted by Crippen LogP contribution is 2.39. The van der Waals surface area contributed by atoms with Gasteiger partial charge in [0, 0.05) is 68.0 Å². The summed E-state index contributed by atoms with van der Waals surface area (Å²) in [4.78, 5) is 62.0. The molecule has 1 aliphatic carbocycles. The first kappa shape index (κ1) is 26.6. The van der Waals surface area contributed by atoms with Crippen LogP contribution in [0.5, 0.6) is 0 Å². The number of benzene rings is 1. The summed E-state index contributed by atoms with van der Waals surface area (Å²) in [6.07, 6.45) is 7.56. The second-order valence-corrected chi connectivity index (χ2v) is 9.68. The number of nitrogens with one attached hydrogen (secondary N) is 3. The zero-order chi connectivity index (χ0) is 28.2. The molecule has 0 radical (unpaired) electrons. The molecule has 1 saturated carbocycles. The van der Waals surface area contributed by atoms with Crippen molar-refractivity contribution in [3.63, 3.8) is 0 Å².